The van der Waals surface area contributed by atoms with E-state index in [-0.39, 0.29) is 6.03 Å². The fraction of sp³-hybridized carbons (Fsp3) is 0.632. The number of urea groups is 1. The molecule has 2 aliphatic heterocycles. The van der Waals surface area contributed by atoms with Crippen LogP contribution in [0.3, 0.4) is 0 Å². The van der Waals surface area contributed by atoms with E-state index in [1.807, 2.05) is 4.90 Å². The lowest BCUT2D eigenvalue weighted by Gasteiger charge is -2.32. The maximum absolute atomic E-state index is 12.2. The van der Waals surface area contributed by atoms with Gasteiger partial charge in [0.05, 0.1) is 6.10 Å². The number of benzene rings is 1. The summed E-state index contributed by atoms with van der Waals surface area (Å²) in [6.45, 7) is 6.60. The molecule has 0 saturated carbocycles. The van der Waals surface area contributed by atoms with Gasteiger partial charge in [-0.25, -0.2) is 4.79 Å². The minimum absolute atomic E-state index is 0.0374. The smallest absolute Gasteiger partial charge is 0.317 e. The number of carbonyl (C=O) groups excluding carboxylic acids is 1. The van der Waals surface area contributed by atoms with E-state index in [0.29, 0.717) is 19.0 Å². The number of amides is 2. The molecule has 2 N–H and O–H groups in total. The van der Waals surface area contributed by atoms with Gasteiger partial charge in [-0.3, -0.25) is 4.90 Å². The first kappa shape index (κ1) is 17.2. The van der Waals surface area contributed by atoms with Crippen LogP contribution in [0.25, 0.3) is 0 Å². The zero-order chi connectivity index (χ0) is 16.9. The topological polar surface area (TPSA) is 55.8 Å². The number of likely N-dealkylation sites (tertiary alicyclic amines) is 1. The first-order valence-corrected chi connectivity index (χ1v) is 9.12. The molecule has 1 saturated heterocycles. The third-order valence-corrected chi connectivity index (χ3v) is 5.11. The van der Waals surface area contributed by atoms with Crippen LogP contribution in [0.5, 0.6) is 0 Å². The average molecular weight is 331 g/mol. The quantitative estimate of drug-likeness (QED) is 0.885. The van der Waals surface area contributed by atoms with Gasteiger partial charge >= 0.3 is 6.03 Å². The molecule has 0 radical (unpaired) electrons. The van der Waals surface area contributed by atoms with Gasteiger partial charge in [-0.2, -0.15) is 0 Å². The Kier molecular flexibility index (Phi) is 5.74. The van der Waals surface area contributed by atoms with Crippen LogP contribution in [-0.4, -0.2) is 59.8 Å². The Labute approximate surface area is 144 Å². The van der Waals surface area contributed by atoms with E-state index < -0.39 is 6.10 Å². The molecule has 2 aliphatic rings. The number of piperidine rings is 1. The minimum Gasteiger partial charge on any atom is -0.390 e. The van der Waals surface area contributed by atoms with Crippen LogP contribution in [0.1, 0.15) is 30.9 Å². The number of nitrogens with one attached hydrogen (secondary N) is 1. The van der Waals surface area contributed by atoms with Gasteiger partial charge in [0.25, 0.3) is 0 Å². The van der Waals surface area contributed by atoms with Crippen molar-refractivity contribution in [2.24, 2.45) is 5.92 Å². The maximum Gasteiger partial charge on any atom is 0.317 e. The first-order chi connectivity index (χ1) is 11.6. The molecule has 2 atom stereocenters. The highest BCUT2D eigenvalue weighted by Crippen LogP contribution is 2.18. The minimum atomic E-state index is -0.526. The number of nitrogens with zero attached hydrogens (tertiary/aromatic N) is 2. The normalized spacial score (nSPS) is 22.8. The Hall–Kier alpha value is -1.59. The Bertz CT molecular complexity index is 563. The lowest BCUT2D eigenvalue weighted by molar-refractivity contribution is 0.102. The molecule has 5 heteroatoms. The second kappa shape index (κ2) is 7.99. The Morgan fingerprint density at radius 3 is 2.92 bits per heavy atom. The summed E-state index contributed by atoms with van der Waals surface area (Å²) in [4.78, 5) is 16.3. The summed E-state index contributed by atoms with van der Waals surface area (Å²) >= 11 is 0. The molecule has 2 heterocycles. The fourth-order valence-electron chi connectivity index (χ4n) is 3.76. The van der Waals surface area contributed by atoms with E-state index in [0.717, 1.165) is 39.0 Å². The zero-order valence-electron chi connectivity index (χ0n) is 14.6. The number of carbonyl (C=O) groups is 1. The highest BCUT2D eigenvalue weighted by molar-refractivity contribution is 5.74. The Morgan fingerprint density at radius 1 is 1.33 bits per heavy atom. The second-order valence-electron chi connectivity index (χ2n) is 7.29. The van der Waals surface area contributed by atoms with E-state index in [1.165, 1.54) is 17.5 Å². The molecule has 3 rings (SSSR count). The molecular formula is C19H29N3O2. The summed E-state index contributed by atoms with van der Waals surface area (Å²) in [7, 11) is 0. The maximum atomic E-state index is 12.2. The van der Waals surface area contributed by atoms with Crippen molar-refractivity contribution in [3.63, 3.8) is 0 Å². The Balaban J connectivity index is 1.41. The zero-order valence-corrected chi connectivity index (χ0v) is 14.6. The average Bonchev–Trinajstić information content (AvgIpc) is 2.59. The van der Waals surface area contributed by atoms with Crippen LogP contribution in [0.4, 0.5) is 4.79 Å². The van der Waals surface area contributed by atoms with Crippen LogP contribution >= 0.6 is 0 Å². The van der Waals surface area contributed by atoms with Crippen LogP contribution in [0, 0.1) is 5.92 Å². The number of β-amino-alcohol motifs (C(OH)–C–C–N with tert-alkyl or cyclic N) is 1. The molecule has 1 fully saturated rings. The van der Waals surface area contributed by atoms with Gasteiger partial charge in [-0.15, -0.1) is 0 Å². The van der Waals surface area contributed by atoms with Gasteiger partial charge in [0.1, 0.15) is 0 Å². The van der Waals surface area contributed by atoms with Gasteiger partial charge in [0.15, 0.2) is 0 Å². The lowest BCUT2D eigenvalue weighted by Crippen LogP contribution is -2.48. The molecule has 132 valence electrons. The van der Waals surface area contributed by atoms with E-state index >= 15 is 0 Å². The number of aliphatic hydroxyl groups excluding tert-OH is 1. The predicted octanol–water partition coefficient (Wildman–Crippen LogP) is 1.85. The molecule has 5 nitrogen and oxygen atoms in total. The summed E-state index contributed by atoms with van der Waals surface area (Å²) in [5, 5.41) is 13.2. The lowest BCUT2D eigenvalue weighted by atomic mass is 10.00. The highest BCUT2D eigenvalue weighted by atomic mass is 16.3. The van der Waals surface area contributed by atoms with Crippen molar-refractivity contribution in [3.8, 4) is 0 Å². The molecule has 0 spiro atoms. The largest absolute Gasteiger partial charge is 0.390 e. The molecule has 1 aromatic carbocycles. The van der Waals surface area contributed by atoms with Crippen molar-refractivity contribution in [2.75, 3.05) is 32.7 Å². The Morgan fingerprint density at radius 2 is 2.12 bits per heavy atom. The second-order valence-corrected chi connectivity index (χ2v) is 7.29. The van der Waals surface area contributed by atoms with Gasteiger partial charge in [0.2, 0.25) is 0 Å². The molecule has 0 aromatic heterocycles. The van der Waals surface area contributed by atoms with E-state index in [2.05, 4.69) is 41.4 Å². The van der Waals surface area contributed by atoms with Crippen molar-refractivity contribution in [2.45, 2.75) is 38.8 Å². The van der Waals surface area contributed by atoms with Crippen LogP contribution in [-0.2, 0) is 13.0 Å². The van der Waals surface area contributed by atoms with E-state index in [9.17, 15) is 9.90 Å². The van der Waals surface area contributed by atoms with Gasteiger partial charge in [-0.1, -0.05) is 31.2 Å². The molecule has 2 amide bonds. The van der Waals surface area contributed by atoms with Gasteiger partial charge in [-0.05, 0) is 36.3 Å². The SMILES string of the molecule is C[C@H]1CCCN(C(=O)NC[C@H](O)CN2CCc3ccccc3C2)C1. The third-order valence-electron chi connectivity index (χ3n) is 5.11. The number of hydrogen-bond donors (Lipinski definition) is 2. The molecule has 0 bridgehead atoms. The number of fused-ring (bicyclic) bond motifs is 1. The van der Waals surface area contributed by atoms with Gasteiger partial charge < -0.3 is 15.3 Å². The molecule has 0 unspecified atom stereocenters. The van der Waals surface area contributed by atoms with Crippen molar-refractivity contribution in [1.82, 2.24) is 15.1 Å². The van der Waals surface area contributed by atoms with Crippen molar-refractivity contribution < 1.29 is 9.90 Å². The first-order valence-electron chi connectivity index (χ1n) is 9.12. The molecular weight excluding hydrogens is 302 g/mol. The van der Waals surface area contributed by atoms with Crippen molar-refractivity contribution in [1.29, 1.82) is 0 Å². The summed E-state index contributed by atoms with van der Waals surface area (Å²) in [6, 6.07) is 8.46. The van der Waals surface area contributed by atoms with Crippen LogP contribution in [0.2, 0.25) is 0 Å². The molecule has 24 heavy (non-hydrogen) atoms. The van der Waals surface area contributed by atoms with Crippen molar-refractivity contribution >= 4 is 6.03 Å². The van der Waals surface area contributed by atoms with Crippen molar-refractivity contribution in [3.05, 3.63) is 35.4 Å². The van der Waals surface area contributed by atoms with Crippen LogP contribution < -0.4 is 5.32 Å². The third kappa shape index (κ3) is 4.48. The summed E-state index contributed by atoms with van der Waals surface area (Å²) in [5.41, 5.74) is 2.76. The molecule has 1 aromatic rings. The number of hydrogen-bond acceptors (Lipinski definition) is 3. The monoisotopic (exact) mass is 331 g/mol. The molecule has 0 aliphatic carbocycles. The number of aliphatic hydroxyl groups is 1. The fourth-order valence-corrected chi connectivity index (χ4v) is 3.76. The highest BCUT2D eigenvalue weighted by Gasteiger charge is 2.22. The predicted molar refractivity (Wildman–Crippen MR) is 94.8 cm³/mol. The van der Waals surface area contributed by atoms with E-state index in [4.69, 9.17) is 0 Å². The van der Waals surface area contributed by atoms with E-state index in [1.54, 1.807) is 0 Å². The number of rotatable bonds is 4. The van der Waals surface area contributed by atoms with Crippen LogP contribution in [0.15, 0.2) is 24.3 Å². The summed E-state index contributed by atoms with van der Waals surface area (Å²) < 4.78 is 0. The van der Waals surface area contributed by atoms with Gasteiger partial charge in [0, 0.05) is 39.3 Å². The summed E-state index contributed by atoms with van der Waals surface area (Å²) in [5.74, 6) is 0.572. The standard InChI is InChI=1S/C19H29N3O2/c1-15-5-4-9-22(12-15)19(24)20-11-18(23)14-21-10-8-16-6-2-3-7-17(16)13-21/h2-3,6-7,15,18,23H,4-5,8-14H2,1H3,(H,20,24)/t15-,18-/m0/s1. The summed E-state index contributed by atoms with van der Waals surface area (Å²) in [6.07, 6.45) is 2.77.